The summed E-state index contributed by atoms with van der Waals surface area (Å²) in [5, 5.41) is 0. The number of aromatic nitrogens is 2. The van der Waals surface area contributed by atoms with Gasteiger partial charge in [-0.1, -0.05) is 18.2 Å². The highest BCUT2D eigenvalue weighted by Crippen LogP contribution is 2.15. The molecule has 0 spiro atoms. The second kappa shape index (κ2) is 3.67. The van der Waals surface area contributed by atoms with Gasteiger partial charge in [0, 0.05) is 18.3 Å². The maximum Gasteiger partial charge on any atom is 0.271 e. The normalized spacial score (nSPS) is 14.8. The third kappa shape index (κ3) is 1.40. The van der Waals surface area contributed by atoms with Crippen LogP contribution in [0.15, 0.2) is 41.2 Å². The fourth-order valence-electron chi connectivity index (χ4n) is 2.37. The molecule has 0 saturated carbocycles. The van der Waals surface area contributed by atoms with Gasteiger partial charge in [0.2, 0.25) is 0 Å². The lowest BCUT2D eigenvalue weighted by Gasteiger charge is -2.18. The molecule has 1 aromatic heterocycles. The zero-order chi connectivity index (χ0) is 11.0. The van der Waals surface area contributed by atoms with E-state index in [1.54, 1.807) is 10.7 Å². The Bertz CT molecular complexity index is 551. The van der Waals surface area contributed by atoms with E-state index in [0.29, 0.717) is 0 Å². The van der Waals surface area contributed by atoms with E-state index < -0.39 is 0 Å². The van der Waals surface area contributed by atoms with Gasteiger partial charge in [-0.3, -0.25) is 9.48 Å². The number of aryl methyl sites for hydroxylation is 1. The zero-order valence-electron chi connectivity index (χ0n) is 9.10. The van der Waals surface area contributed by atoms with Crippen LogP contribution in [0.4, 0.5) is 0 Å². The SMILES string of the molecule is O=c1cc2n(n1-c1ccccc1)CCCC2. The molecule has 0 unspecified atom stereocenters. The van der Waals surface area contributed by atoms with Gasteiger partial charge in [-0.05, 0) is 31.4 Å². The largest absolute Gasteiger partial charge is 0.282 e. The summed E-state index contributed by atoms with van der Waals surface area (Å²) < 4.78 is 3.90. The van der Waals surface area contributed by atoms with E-state index in [1.807, 2.05) is 30.3 Å². The van der Waals surface area contributed by atoms with Crippen molar-refractivity contribution >= 4 is 0 Å². The Kier molecular flexibility index (Phi) is 2.17. The Morgan fingerprint density at radius 3 is 2.69 bits per heavy atom. The summed E-state index contributed by atoms with van der Waals surface area (Å²) >= 11 is 0. The monoisotopic (exact) mass is 214 g/mol. The number of fused-ring (bicyclic) bond motifs is 1. The topological polar surface area (TPSA) is 26.9 Å². The molecule has 0 radical (unpaired) electrons. The summed E-state index contributed by atoms with van der Waals surface area (Å²) in [5.41, 5.74) is 2.21. The van der Waals surface area contributed by atoms with E-state index in [2.05, 4.69) is 4.68 Å². The maximum atomic E-state index is 11.9. The van der Waals surface area contributed by atoms with Crippen LogP contribution in [-0.2, 0) is 13.0 Å². The van der Waals surface area contributed by atoms with Gasteiger partial charge in [0.05, 0.1) is 5.69 Å². The zero-order valence-corrected chi connectivity index (χ0v) is 9.10. The van der Waals surface area contributed by atoms with E-state index in [9.17, 15) is 4.79 Å². The molecule has 1 aromatic carbocycles. The van der Waals surface area contributed by atoms with Crippen molar-refractivity contribution in [3.8, 4) is 5.69 Å². The Hall–Kier alpha value is -1.77. The minimum Gasteiger partial charge on any atom is -0.282 e. The molecule has 0 amide bonds. The Morgan fingerprint density at radius 1 is 1.06 bits per heavy atom. The molecule has 1 aliphatic rings. The number of hydrogen-bond donors (Lipinski definition) is 0. The van der Waals surface area contributed by atoms with Crippen molar-refractivity contribution in [2.45, 2.75) is 25.8 Å². The van der Waals surface area contributed by atoms with Crippen LogP contribution >= 0.6 is 0 Å². The van der Waals surface area contributed by atoms with Crippen molar-refractivity contribution in [2.75, 3.05) is 0 Å². The first-order valence-electron chi connectivity index (χ1n) is 5.73. The molecule has 3 nitrogen and oxygen atoms in total. The van der Waals surface area contributed by atoms with Crippen LogP contribution in [0, 0.1) is 0 Å². The highest BCUT2D eigenvalue weighted by atomic mass is 16.1. The number of hydrogen-bond acceptors (Lipinski definition) is 1. The molecule has 0 fully saturated rings. The Balaban J connectivity index is 2.21. The average molecular weight is 214 g/mol. The van der Waals surface area contributed by atoms with Crippen LogP contribution in [0.3, 0.4) is 0 Å². The Morgan fingerprint density at radius 2 is 1.88 bits per heavy atom. The predicted octanol–water partition coefficient (Wildman–Crippen LogP) is 1.98. The molecule has 2 heterocycles. The molecule has 0 aliphatic carbocycles. The average Bonchev–Trinajstić information content (AvgIpc) is 2.66. The first-order valence-corrected chi connectivity index (χ1v) is 5.73. The summed E-state index contributed by atoms with van der Waals surface area (Å²) in [6.45, 7) is 0.951. The minimum absolute atomic E-state index is 0.0862. The molecule has 3 heteroatoms. The second-order valence-electron chi connectivity index (χ2n) is 4.20. The summed E-state index contributed by atoms with van der Waals surface area (Å²) in [4.78, 5) is 11.9. The number of benzene rings is 1. The van der Waals surface area contributed by atoms with Gasteiger partial charge >= 0.3 is 0 Å². The molecule has 0 saturated heterocycles. The van der Waals surface area contributed by atoms with Gasteiger partial charge < -0.3 is 0 Å². The maximum absolute atomic E-state index is 11.9. The fourth-order valence-corrected chi connectivity index (χ4v) is 2.37. The number of para-hydroxylation sites is 1. The first kappa shape index (κ1) is 9.46. The van der Waals surface area contributed by atoms with E-state index in [1.165, 1.54) is 12.1 Å². The van der Waals surface area contributed by atoms with Gasteiger partial charge in [0.25, 0.3) is 5.56 Å². The van der Waals surface area contributed by atoms with Crippen molar-refractivity contribution in [1.82, 2.24) is 9.36 Å². The Labute approximate surface area is 93.9 Å². The molecule has 3 rings (SSSR count). The third-order valence-electron chi connectivity index (χ3n) is 3.13. The van der Waals surface area contributed by atoms with Gasteiger partial charge in [-0.25, -0.2) is 4.68 Å². The lowest BCUT2D eigenvalue weighted by Crippen LogP contribution is -2.23. The van der Waals surface area contributed by atoms with E-state index >= 15 is 0 Å². The molecule has 2 aromatic rings. The summed E-state index contributed by atoms with van der Waals surface area (Å²) in [7, 11) is 0. The van der Waals surface area contributed by atoms with Gasteiger partial charge in [-0.15, -0.1) is 0 Å². The molecule has 0 atom stereocenters. The van der Waals surface area contributed by atoms with E-state index in [4.69, 9.17) is 0 Å². The smallest absolute Gasteiger partial charge is 0.271 e. The lowest BCUT2D eigenvalue weighted by molar-refractivity contribution is 0.448. The van der Waals surface area contributed by atoms with Gasteiger partial charge in [0.15, 0.2) is 0 Å². The fraction of sp³-hybridized carbons (Fsp3) is 0.308. The minimum atomic E-state index is 0.0862. The third-order valence-corrected chi connectivity index (χ3v) is 3.13. The van der Waals surface area contributed by atoms with Crippen LogP contribution in [0.2, 0.25) is 0 Å². The van der Waals surface area contributed by atoms with Crippen LogP contribution in [0.1, 0.15) is 18.5 Å². The van der Waals surface area contributed by atoms with Gasteiger partial charge in [-0.2, -0.15) is 0 Å². The van der Waals surface area contributed by atoms with Crippen LogP contribution in [0.25, 0.3) is 5.69 Å². The van der Waals surface area contributed by atoms with Crippen LogP contribution in [0.5, 0.6) is 0 Å². The predicted molar refractivity (Wildman–Crippen MR) is 63.0 cm³/mol. The van der Waals surface area contributed by atoms with Crippen molar-refractivity contribution in [2.24, 2.45) is 0 Å². The number of nitrogens with zero attached hydrogens (tertiary/aromatic N) is 2. The first-order chi connectivity index (χ1) is 7.86. The molecule has 16 heavy (non-hydrogen) atoms. The summed E-state index contributed by atoms with van der Waals surface area (Å²) in [6.07, 6.45) is 3.38. The van der Waals surface area contributed by atoms with E-state index in [0.717, 1.165) is 25.1 Å². The van der Waals surface area contributed by atoms with Crippen LogP contribution in [-0.4, -0.2) is 9.36 Å². The highest BCUT2D eigenvalue weighted by molar-refractivity contribution is 5.31. The second-order valence-corrected chi connectivity index (χ2v) is 4.20. The summed E-state index contributed by atoms with van der Waals surface area (Å²) in [6, 6.07) is 11.6. The standard InChI is InChI=1S/C13H14N2O/c16-13-10-12-8-4-5-9-14(12)15(13)11-6-2-1-3-7-11/h1-3,6-7,10H,4-5,8-9H2. The van der Waals surface area contributed by atoms with Crippen molar-refractivity contribution in [1.29, 1.82) is 0 Å². The van der Waals surface area contributed by atoms with Crippen molar-refractivity contribution in [3.63, 3.8) is 0 Å². The summed E-state index contributed by atoms with van der Waals surface area (Å²) in [5.74, 6) is 0. The number of rotatable bonds is 1. The molecule has 82 valence electrons. The van der Waals surface area contributed by atoms with Crippen LogP contribution < -0.4 is 5.56 Å². The molecule has 0 bridgehead atoms. The molecular weight excluding hydrogens is 200 g/mol. The molecule has 0 N–H and O–H groups in total. The molecule has 1 aliphatic heterocycles. The quantitative estimate of drug-likeness (QED) is 0.713. The van der Waals surface area contributed by atoms with Gasteiger partial charge in [0.1, 0.15) is 0 Å². The van der Waals surface area contributed by atoms with E-state index in [-0.39, 0.29) is 5.56 Å². The molecular formula is C13H14N2O. The van der Waals surface area contributed by atoms with Crippen molar-refractivity contribution in [3.05, 3.63) is 52.4 Å². The van der Waals surface area contributed by atoms with Crippen molar-refractivity contribution < 1.29 is 0 Å². The highest BCUT2D eigenvalue weighted by Gasteiger charge is 2.15. The lowest BCUT2D eigenvalue weighted by atomic mass is 10.1.